The van der Waals surface area contributed by atoms with Gasteiger partial charge in [0, 0.05) is 24.9 Å². The lowest BCUT2D eigenvalue weighted by Gasteiger charge is -2.27. The zero-order valence-corrected chi connectivity index (χ0v) is 13.2. The highest BCUT2D eigenvalue weighted by Gasteiger charge is 2.66. The zero-order valence-electron chi connectivity index (χ0n) is 13.2. The van der Waals surface area contributed by atoms with Gasteiger partial charge in [-0.15, -0.1) is 0 Å². The second-order valence-electron chi connectivity index (χ2n) is 6.63. The van der Waals surface area contributed by atoms with Crippen LogP contribution >= 0.6 is 0 Å². The van der Waals surface area contributed by atoms with Crippen LogP contribution in [0.25, 0.3) is 0 Å². The van der Waals surface area contributed by atoms with Crippen LogP contribution in [0.2, 0.25) is 0 Å². The van der Waals surface area contributed by atoms with Crippen LogP contribution in [0.3, 0.4) is 0 Å². The molecule has 1 amide bonds. The first-order chi connectivity index (χ1) is 10.1. The van der Waals surface area contributed by atoms with Crippen LogP contribution in [-0.4, -0.2) is 29.9 Å². The van der Waals surface area contributed by atoms with Gasteiger partial charge in [-0.3, -0.25) is 4.79 Å². The Labute approximate surface area is 127 Å². The van der Waals surface area contributed by atoms with Crippen LogP contribution < -0.4 is 5.73 Å². The molecule has 0 aromatic heterocycles. The smallest absolute Gasteiger partial charge is 0.233 e. The first-order valence-corrected chi connectivity index (χ1v) is 8.33. The fourth-order valence-corrected chi connectivity index (χ4v) is 3.89. The number of hydrogen-bond acceptors (Lipinski definition) is 1. The maximum Gasteiger partial charge on any atom is 0.233 e. The van der Waals surface area contributed by atoms with Gasteiger partial charge in [-0.1, -0.05) is 30.3 Å². The topological polar surface area (TPSA) is 48.0 Å². The Morgan fingerprint density at radius 2 is 1.90 bits per heavy atom. The lowest BCUT2D eigenvalue weighted by molar-refractivity contribution is -0.433. The van der Waals surface area contributed by atoms with E-state index in [-0.39, 0.29) is 5.41 Å². The Balaban J connectivity index is 1.91. The van der Waals surface area contributed by atoms with E-state index >= 15 is 0 Å². The lowest BCUT2D eigenvalue weighted by atomic mass is 9.88. The summed E-state index contributed by atoms with van der Waals surface area (Å²) in [6, 6.07) is 10.8. The molecule has 0 radical (unpaired) electrons. The van der Waals surface area contributed by atoms with Gasteiger partial charge in [0.1, 0.15) is 0 Å². The van der Waals surface area contributed by atoms with E-state index in [0.29, 0.717) is 17.9 Å². The molecular formula is C18H27N2O+. The van der Waals surface area contributed by atoms with Crippen molar-refractivity contribution in [3.63, 3.8) is 0 Å². The Morgan fingerprint density at radius 1 is 1.29 bits per heavy atom. The minimum Gasteiger partial charge on any atom is -0.355 e. The molecule has 0 bridgehead atoms. The van der Waals surface area contributed by atoms with E-state index in [1.54, 1.807) is 0 Å². The molecule has 114 valence electrons. The minimum atomic E-state index is -0.289. The summed E-state index contributed by atoms with van der Waals surface area (Å²) in [4.78, 5) is 15.1. The molecule has 2 saturated carbocycles. The van der Waals surface area contributed by atoms with Gasteiger partial charge in [-0.2, -0.15) is 0 Å². The molecule has 1 aromatic rings. The Kier molecular flexibility index (Phi) is 3.78. The lowest BCUT2D eigenvalue weighted by Crippen LogP contribution is -2.64. The number of amides is 1. The molecule has 3 unspecified atom stereocenters. The maximum absolute atomic E-state index is 13.1. The van der Waals surface area contributed by atoms with E-state index < -0.39 is 0 Å². The average Bonchev–Trinajstić information content (AvgIpc) is 3.41. The van der Waals surface area contributed by atoms with E-state index in [9.17, 15) is 4.79 Å². The monoisotopic (exact) mass is 287 g/mol. The summed E-state index contributed by atoms with van der Waals surface area (Å²) in [6.07, 6.45) is 3.58. The number of carbonyl (C=O) groups is 1. The van der Waals surface area contributed by atoms with Crippen molar-refractivity contribution in [2.75, 3.05) is 13.1 Å². The molecule has 3 N–H and O–H groups in total. The number of carbonyl (C=O) groups excluding carboxylic acids is 1. The van der Waals surface area contributed by atoms with Gasteiger partial charge in [0.25, 0.3) is 0 Å². The van der Waals surface area contributed by atoms with E-state index in [2.05, 4.69) is 43.8 Å². The van der Waals surface area contributed by atoms with Crippen LogP contribution in [0, 0.1) is 11.8 Å². The van der Waals surface area contributed by atoms with Gasteiger partial charge in [-0.25, -0.2) is 0 Å². The summed E-state index contributed by atoms with van der Waals surface area (Å²) in [5, 5.41) is 0. The number of quaternary nitrogens is 1. The molecule has 3 heteroatoms. The van der Waals surface area contributed by atoms with Gasteiger partial charge >= 0.3 is 0 Å². The molecule has 0 spiro atoms. The molecule has 0 heterocycles. The van der Waals surface area contributed by atoms with Crippen LogP contribution in [-0.2, 0) is 10.2 Å². The standard InChI is InChI=1S/C18H26N2O/c1-3-20(4-2)17(21)18(14-8-6-5-7-9-14)12-15(18)16(19)13-10-11-13/h5-9,13,15-16H,3-4,10-12,19H2,1-2H3/p+1. The first-order valence-electron chi connectivity index (χ1n) is 8.33. The fraction of sp³-hybridized carbons (Fsp3) is 0.611. The van der Waals surface area contributed by atoms with Gasteiger partial charge < -0.3 is 10.6 Å². The predicted octanol–water partition coefficient (Wildman–Crippen LogP) is 1.83. The Hall–Kier alpha value is -1.35. The third-order valence-corrected chi connectivity index (χ3v) is 5.48. The van der Waals surface area contributed by atoms with Crippen LogP contribution in [0.4, 0.5) is 0 Å². The largest absolute Gasteiger partial charge is 0.355 e. The predicted molar refractivity (Wildman–Crippen MR) is 83.6 cm³/mol. The molecule has 2 aliphatic carbocycles. The molecule has 3 atom stereocenters. The number of nitrogens with zero attached hydrogens (tertiary/aromatic N) is 1. The van der Waals surface area contributed by atoms with Crippen LogP contribution in [0.5, 0.6) is 0 Å². The van der Waals surface area contributed by atoms with E-state index in [1.807, 2.05) is 11.0 Å². The molecule has 2 fully saturated rings. The quantitative estimate of drug-likeness (QED) is 0.852. The van der Waals surface area contributed by atoms with Gasteiger partial charge in [-0.05, 0) is 38.7 Å². The van der Waals surface area contributed by atoms with Crippen molar-refractivity contribution in [2.24, 2.45) is 11.8 Å². The molecule has 1 aromatic carbocycles. The van der Waals surface area contributed by atoms with Crippen molar-refractivity contribution < 1.29 is 10.5 Å². The molecule has 0 aliphatic heterocycles. The normalized spacial score (nSPS) is 29.0. The highest BCUT2D eigenvalue weighted by atomic mass is 16.2. The minimum absolute atomic E-state index is 0.289. The second-order valence-corrected chi connectivity index (χ2v) is 6.63. The van der Waals surface area contributed by atoms with Crippen molar-refractivity contribution in [2.45, 2.75) is 44.6 Å². The second kappa shape index (κ2) is 5.45. The molecule has 21 heavy (non-hydrogen) atoms. The maximum atomic E-state index is 13.1. The van der Waals surface area contributed by atoms with Crippen molar-refractivity contribution in [3.8, 4) is 0 Å². The van der Waals surface area contributed by atoms with E-state index in [0.717, 1.165) is 25.4 Å². The Bertz CT molecular complexity index is 507. The van der Waals surface area contributed by atoms with Crippen molar-refractivity contribution in [3.05, 3.63) is 35.9 Å². The van der Waals surface area contributed by atoms with Gasteiger partial charge in [0.15, 0.2) is 0 Å². The van der Waals surface area contributed by atoms with Crippen molar-refractivity contribution >= 4 is 5.91 Å². The van der Waals surface area contributed by atoms with Crippen LogP contribution in [0.15, 0.2) is 30.3 Å². The highest BCUT2D eigenvalue weighted by Crippen LogP contribution is 2.59. The third-order valence-electron chi connectivity index (χ3n) is 5.48. The SMILES string of the molecule is CCN(CC)C(=O)C1(c2ccccc2)CC1C([NH3+])C1CC1. The Morgan fingerprint density at radius 3 is 2.43 bits per heavy atom. The summed E-state index contributed by atoms with van der Waals surface area (Å²) in [7, 11) is 0. The number of hydrogen-bond donors (Lipinski definition) is 1. The molecule has 2 aliphatic rings. The number of likely N-dealkylation sites (N-methyl/N-ethyl adjacent to an activating group) is 1. The zero-order chi connectivity index (χ0) is 15.0. The van der Waals surface area contributed by atoms with Crippen molar-refractivity contribution in [1.29, 1.82) is 0 Å². The summed E-state index contributed by atoms with van der Waals surface area (Å²) in [5.41, 5.74) is 5.31. The van der Waals surface area contributed by atoms with Crippen molar-refractivity contribution in [1.82, 2.24) is 4.90 Å². The average molecular weight is 287 g/mol. The van der Waals surface area contributed by atoms with Gasteiger partial charge in [0.2, 0.25) is 5.91 Å². The molecule has 0 saturated heterocycles. The molecular weight excluding hydrogens is 260 g/mol. The summed E-state index contributed by atoms with van der Waals surface area (Å²) in [6.45, 7) is 5.73. The third kappa shape index (κ3) is 2.38. The number of benzene rings is 1. The summed E-state index contributed by atoms with van der Waals surface area (Å²) >= 11 is 0. The molecule has 3 rings (SSSR count). The highest BCUT2D eigenvalue weighted by molar-refractivity contribution is 5.92. The van der Waals surface area contributed by atoms with Crippen LogP contribution in [0.1, 0.15) is 38.7 Å². The number of rotatable bonds is 6. The van der Waals surface area contributed by atoms with E-state index in [1.165, 1.54) is 18.4 Å². The van der Waals surface area contributed by atoms with Gasteiger partial charge in [0.05, 0.1) is 11.5 Å². The molecule has 3 nitrogen and oxygen atoms in total. The summed E-state index contributed by atoms with van der Waals surface area (Å²) < 4.78 is 0. The van der Waals surface area contributed by atoms with E-state index in [4.69, 9.17) is 0 Å². The fourth-order valence-electron chi connectivity index (χ4n) is 3.89. The summed E-state index contributed by atoms with van der Waals surface area (Å²) in [5.74, 6) is 1.50. The first kappa shape index (κ1) is 14.6.